The molecule has 1 aromatic carbocycles. The Kier molecular flexibility index (Phi) is 7.64. The van der Waals surface area contributed by atoms with Gasteiger partial charge in [-0.3, -0.25) is 4.79 Å². The van der Waals surface area contributed by atoms with E-state index in [0.717, 1.165) is 17.2 Å². The number of hydrogen-bond donors (Lipinski definition) is 2. The smallest absolute Gasteiger partial charge is 0.335 e. The van der Waals surface area contributed by atoms with Gasteiger partial charge in [-0.2, -0.15) is 0 Å². The lowest BCUT2D eigenvalue weighted by Gasteiger charge is -2.08. The molecule has 0 unspecified atom stereocenters. The molecule has 2 N–H and O–H groups in total. The van der Waals surface area contributed by atoms with E-state index in [4.69, 9.17) is 5.11 Å². The Balaban J connectivity index is 1.57. The van der Waals surface area contributed by atoms with Crippen molar-refractivity contribution < 1.29 is 14.7 Å². The Hall–Kier alpha value is -2.92. The number of carboxylic acid groups (broad SMARTS) is 1. The van der Waals surface area contributed by atoms with Crippen LogP contribution in [0.1, 0.15) is 34.5 Å². The molecule has 0 fully saturated rings. The Labute approximate surface area is 188 Å². The van der Waals surface area contributed by atoms with E-state index in [1.165, 1.54) is 35.7 Å². The lowest BCUT2D eigenvalue weighted by molar-refractivity contribution is -0.113. The summed E-state index contributed by atoms with van der Waals surface area (Å²) >= 11 is 2.80. The first-order chi connectivity index (χ1) is 14.9. The number of hydrogen-bond acceptors (Lipinski definition) is 8. The molecule has 0 radical (unpaired) electrons. The van der Waals surface area contributed by atoms with Crippen molar-refractivity contribution in [3.05, 3.63) is 53.1 Å². The minimum absolute atomic E-state index is 0.159. The van der Waals surface area contributed by atoms with Gasteiger partial charge in [0.05, 0.1) is 17.1 Å². The predicted molar refractivity (Wildman–Crippen MR) is 120 cm³/mol. The molecule has 0 aliphatic heterocycles. The number of nitrogens with zero attached hydrogens (tertiary/aromatic N) is 5. The number of nitrogens with one attached hydrogen (secondary N) is 1. The van der Waals surface area contributed by atoms with Crippen LogP contribution in [0.25, 0.3) is 0 Å². The van der Waals surface area contributed by atoms with Gasteiger partial charge in [0.2, 0.25) is 5.91 Å². The minimum Gasteiger partial charge on any atom is -0.478 e. The molecule has 2 aromatic heterocycles. The lowest BCUT2D eigenvalue weighted by Crippen LogP contribution is -2.15. The normalized spacial score (nSPS) is 10.8. The highest BCUT2D eigenvalue weighted by molar-refractivity contribution is 7.99. The Morgan fingerprint density at radius 1 is 1.06 bits per heavy atom. The summed E-state index contributed by atoms with van der Waals surface area (Å²) in [5.41, 5.74) is 2.55. The second kappa shape index (κ2) is 10.4. The summed E-state index contributed by atoms with van der Waals surface area (Å²) in [5, 5.41) is 21.5. The number of anilines is 1. The van der Waals surface area contributed by atoms with E-state index >= 15 is 0 Å². The first-order valence-corrected chi connectivity index (χ1v) is 11.5. The average Bonchev–Trinajstić information content (AvgIpc) is 3.12. The van der Waals surface area contributed by atoms with Crippen LogP contribution in [-0.2, 0) is 17.1 Å². The second-order valence-electron chi connectivity index (χ2n) is 6.58. The highest BCUT2D eigenvalue weighted by atomic mass is 32.2. The summed E-state index contributed by atoms with van der Waals surface area (Å²) in [4.78, 5) is 32.0. The molecular weight excluding hydrogens is 436 g/mol. The molecule has 0 bridgehead atoms. The van der Waals surface area contributed by atoms with Gasteiger partial charge in [0.15, 0.2) is 10.3 Å². The SMILES string of the molecule is CCn1c(CSc2nc(C)cc(C)n2)nnc1SCC(=O)Nc1ccc(C(=O)O)cc1. The van der Waals surface area contributed by atoms with E-state index < -0.39 is 5.97 Å². The van der Waals surface area contributed by atoms with Crippen LogP contribution in [0.2, 0.25) is 0 Å². The summed E-state index contributed by atoms with van der Waals surface area (Å²) in [6, 6.07) is 7.94. The Morgan fingerprint density at radius 3 is 2.35 bits per heavy atom. The molecule has 2 heterocycles. The van der Waals surface area contributed by atoms with Crippen LogP contribution in [0, 0.1) is 13.8 Å². The number of carbonyl (C=O) groups excluding carboxylic acids is 1. The highest BCUT2D eigenvalue weighted by Crippen LogP contribution is 2.23. The molecule has 162 valence electrons. The summed E-state index contributed by atoms with van der Waals surface area (Å²) < 4.78 is 1.97. The van der Waals surface area contributed by atoms with Crippen LogP contribution >= 0.6 is 23.5 Å². The fourth-order valence-corrected chi connectivity index (χ4v) is 4.47. The van der Waals surface area contributed by atoms with Crippen molar-refractivity contribution in [1.29, 1.82) is 0 Å². The molecule has 0 aliphatic carbocycles. The zero-order chi connectivity index (χ0) is 22.4. The fourth-order valence-electron chi connectivity index (χ4n) is 2.76. The third-order valence-electron chi connectivity index (χ3n) is 4.15. The maximum absolute atomic E-state index is 12.3. The van der Waals surface area contributed by atoms with Gasteiger partial charge < -0.3 is 15.0 Å². The monoisotopic (exact) mass is 458 g/mol. The zero-order valence-corrected chi connectivity index (χ0v) is 19.0. The molecule has 31 heavy (non-hydrogen) atoms. The van der Waals surface area contributed by atoms with Crippen molar-refractivity contribution in [3.63, 3.8) is 0 Å². The van der Waals surface area contributed by atoms with E-state index in [0.29, 0.717) is 28.3 Å². The molecular formula is C20H22N6O3S2. The number of aromatic carboxylic acids is 1. The van der Waals surface area contributed by atoms with Gasteiger partial charge in [-0.1, -0.05) is 23.5 Å². The molecule has 0 aliphatic rings. The van der Waals surface area contributed by atoms with Crippen molar-refractivity contribution in [3.8, 4) is 0 Å². The maximum atomic E-state index is 12.3. The van der Waals surface area contributed by atoms with E-state index in [9.17, 15) is 9.59 Å². The number of carboxylic acids is 1. The molecule has 0 spiro atoms. The number of rotatable bonds is 9. The van der Waals surface area contributed by atoms with Crippen molar-refractivity contribution >= 4 is 41.1 Å². The number of benzene rings is 1. The van der Waals surface area contributed by atoms with Crippen LogP contribution in [0.5, 0.6) is 0 Å². The Bertz CT molecular complexity index is 1060. The molecule has 0 saturated carbocycles. The Morgan fingerprint density at radius 2 is 1.74 bits per heavy atom. The minimum atomic E-state index is -1.01. The van der Waals surface area contributed by atoms with Crippen LogP contribution in [0.4, 0.5) is 5.69 Å². The first kappa shape index (κ1) is 22.8. The van der Waals surface area contributed by atoms with Gasteiger partial charge in [-0.05, 0) is 51.1 Å². The third-order valence-corrected chi connectivity index (χ3v) is 5.96. The second-order valence-corrected chi connectivity index (χ2v) is 8.47. The van der Waals surface area contributed by atoms with Crippen molar-refractivity contribution in [1.82, 2.24) is 24.7 Å². The molecule has 3 rings (SSSR count). The van der Waals surface area contributed by atoms with Gasteiger partial charge in [-0.25, -0.2) is 14.8 Å². The molecule has 9 nitrogen and oxygen atoms in total. The van der Waals surface area contributed by atoms with Gasteiger partial charge in [0.25, 0.3) is 0 Å². The molecule has 1 amide bonds. The standard InChI is InChI=1S/C20H22N6O3S2/c1-4-26-16(10-30-19-21-12(2)9-13(3)22-19)24-25-20(26)31-11-17(27)23-15-7-5-14(6-8-15)18(28)29/h5-9H,4,10-11H2,1-3H3,(H,23,27)(H,28,29). The van der Waals surface area contributed by atoms with Gasteiger partial charge in [0, 0.05) is 23.6 Å². The predicted octanol–water partition coefficient (Wildman–Crippen LogP) is 3.43. The number of aromatic nitrogens is 5. The topological polar surface area (TPSA) is 123 Å². The van der Waals surface area contributed by atoms with Gasteiger partial charge in [0.1, 0.15) is 5.82 Å². The summed E-state index contributed by atoms with van der Waals surface area (Å²) in [6.07, 6.45) is 0. The number of aryl methyl sites for hydroxylation is 2. The zero-order valence-electron chi connectivity index (χ0n) is 17.3. The van der Waals surface area contributed by atoms with Crippen LogP contribution in [0.3, 0.4) is 0 Å². The molecule has 0 atom stereocenters. The average molecular weight is 459 g/mol. The maximum Gasteiger partial charge on any atom is 0.335 e. The van der Waals surface area contributed by atoms with Crippen LogP contribution in [0.15, 0.2) is 40.6 Å². The van der Waals surface area contributed by atoms with E-state index in [1.54, 1.807) is 12.1 Å². The van der Waals surface area contributed by atoms with Gasteiger partial charge >= 0.3 is 5.97 Å². The fraction of sp³-hybridized carbons (Fsp3) is 0.300. The van der Waals surface area contributed by atoms with Crippen molar-refractivity contribution in [2.75, 3.05) is 11.1 Å². The molecule has 0 saturated heterocycles. The van der Waals surface area contributed by atoms with Crippen molar-refractivity contribution in [2.45, 2.75) is 43.4 Å². The van der Waals surface area contributed by atoms with Crippen LogP contribution in [-0.4, -0.2) is 47.5 Å². The van der Waals surface area contributed by atoms with Gasteiger partial charge in [-0.15, -0.1) is 10.2 Å². The highest BCUT2D eigenvalue weighted by Gasteiger charge is 2.14. The largest absolute Gasteiger partial charge is 0.478 e. The summed E-state index contributed by atoms with van der Waals surface area (Å²) in [5.74, 6) is 0.310. The van der Waals surface area contributed by atoms with E-state index in [1.807, 2.05) is 31.4 Å². The number of carbonyl (C=O) groups is 2. The first-order valence-electron chi connectivity index (χ1n) is 9.49. The molecule has 3 aromatic rings. The summed E-state index contributed by atoms with van der Waals surface area (Å²) in [6.45, 7) is 6.55. The van der Waals surface area contributed by atoms with Crippen LogP contribution < -0.4 is 5.32 Å². The number of thioether (sulfide) groups is 2. The third kappa shape index (κ3) is 6.28. The lowest BCUT2D eigenvalue weighted by atomic mass is 10.2. The van der Waals surface area contributed by atoms with Crippen molar-refractivity contribution in [2.24, 2.45) is 0 Å². The molecule has 11 heteroatoms. The quantitative estimate of drug-likeness (QED) is 0.367. The number of amides is 1. The summed E-state index contributed by atoms with van der Waals surface area (Å²) in [7, 11) is 0. The van der Waals surface area contributed by atoms with E-state index in [-0.39, 0.29) is 17.2 Å². The van der Waals surface area contributed by atoms with E-state index in [2.05, 4.69) is 25.5 Å².